The number of aliphatic hydroxyl groups is 1. The molecular weight excluding hydrogens is 126 g/mol. The lowest BCUT2D eigenvalue weighted by molar-refractivity contribution is 0.102. The van der Waals surface area contributed by atoms with Crippen molar-refractivity contribution in [3.63, 3.8) is 0 Å². The molecule has 0 spiro atoms. The monoisotopic (exact) mass is 141 g/mol. The van der Waals surface area contributed by atoms with Crippen molar-refractivity contribution in [3.8, 4) is 0 Å². The van der Waals surface area contributed by atoms with Gasteiger partial charge in [-0.3, -0.25) is 4.99 Å². The molecule has 0 aromatic rings. The van der Waals surface area contributed by atoms with Gasteiger partial charge in [-0.2, -0.15) is 0 Å². The Kier molecular flexibility index (Phi) is 2.87. The highest BCUT2D eigenvalue weighted by atomic mass is 16.3. The molecule has 0 saturated carbocycles. The van der Waals surface area contributed by atoms with Gasteiger partial charge >= 0.3 is 0 Å². The first-order valence-corrected chi connectivity index (χ1v) is 4.01. The van der Waals surface area contributed by atoms with E-state index in [1.807, 2.05) is 13.1 Å². The number of aliphatic imine (C=N–C) groups is 1. The van der Waals surface area contributed by atoms with Crippen molar-refractivity contribution in [1.82, 2.24) is 0 Å². The molecule has 1 aliphatic heterocycles. The fourth-order valence-corrected chi connectivity index (χ4v) is 1.33. The van der Waals surface area contributed by atoms with Gasteiger partial charge in [0.05, 0.1) is 6.10 Å². The van der Waals surface area contributed by atoms with Crippen molar-refractivity contribution in [2.45, 2.75) is 32.3 Å². The number of nitrogens with zero attached hydrogens (tertiary/aromatic N) is 1. The highest BCUT2D eigenvalue weighted by Gasteiger charge is 2.17. The molecule has 1 heterocycles. The normalized spacial score (nSPS) is 28.4. The molecule has 0 aromatic heterocycles. The zero-order valence-electron chi connectivity index (χ0n) is 6.45. The van der Waals surface area contributed by atoms with Gasteiger partial charge in [-0.15, -0.1) is 0 Å². The van der Waals surface area contributed by atoms with Gasteiger partial charge in [0, 0.05) is 12.5 Å². The molecule has 2 atom stereocenters. The minimum atomic E-state index is -0.127. The van der Waals surface area contributed by atoms with Crippen LogP contribution in [0.1, 0.15) is 26.2 Å². The van der Waals surface area contributed by atoms with Crippen LogP contribution in [0.4, 0.5) is 0 Å². The first kappa shape index (κ1) is 7.73. The van der Waals surface area contributed by atoms with Crippen molar-refractivity contribution in [2.75, 3.05) is 6.54 Å². The molecule has 0 fully saturated rings. The zero-order chi connectivity index (χ0) is 7.40. The number of rotatable bonds is 2. The van der Waals surface area contributed by atoms with Crippen LogP contribution >= 0.6 is 0 Å². The second-order valence-corrected chi connectivity index (χ2v) is 2.86. The quantitative estimate of drug-likeness (QED) is 0.616. The van der Waals surface area contributed by atoms with E-state index in [1.54, 1.807) is 0 Å². The largest absolute Gasteiger partial charge is 0.393 e. The van der Waals surface area contributed by atoms with Crippen LogP contribution in [0.15, 0.2) is 4.99 Å². The fourth-order valence-electron chi connectivity index (χ4n) is 1.33. The molecule has 0 saturated heterocycles. The van der Waals surface area contributed by atoms with Crippen molar-refractivity contribution in [2.24, 2.45) is 10.9 Å². The van der Waals surface area contributed by atoms with E-state index in [2.05, 4.69) is 4.99 Å². The van der Waals surface area contributed by atoms with E-state index in [4.69, 9.17) is 0 Å². The van der Waals surface area contributed by atoms with E-state index >= 15 is 0 Å². The standard InChI is InChI=1S/C8H15NO/c1-2-8(10)7-4-3-5-9-6-7/h5,7-8,10H,2-4,6H2,1H3. The Balaban J connectivity index is 2.33. The van der Waals surface area contributed by atoms with Crippen LogP contribution in [-0.4, -0.2) is 24.0 Å². The topological polar surface area (TPSA) is 32.6 Å². The third-order valence-electron chi connectivity index (χ3n) is 2.10. The van der Waals surface area contributed by atoms with Gasteiger partial charge < -0.3 is 5.11 Å². The van der Waals surface area contributed by atoms with Crippen LogP contribution in [0.2, 0.25) is 0 Å². The van der Waals surface area contributed by atoms with Gasteiger partial charge in [0.1, 0.15) is 0 Å². The maximum absolute atomic E-state index is 9.41. The first-order chi connectivity index (χ1) is 4.84. The smallest absolute Gasteiger partial charge is 0.0583 e. The summed E-state index contributed by atoms with van der Waals surface area (Å²) in [6, 6.07) is 0. The van der Waals surface area contributed by atoms with E-state index in [-0.39, 0.29) is 6.10 Å². The Hall–Kier alpha value is -0.370. The second-order valence-electron chi connectivity index (χ2n) is 2.86. The number of aliphatic hydroxyl groups excluding tert-OH is 1. The van der Waals surface area contributed by atoms with E-state index in [1.165, 1.54) is 0 Å². The Bertz CT molecular complexity index is 122. The van der Waals surface area contributed by atoms with Crippen molar-refractivity contribution < 1.29 is 5.11 Å². The Labute approximate surface area is 62.0 Å². The molecule has 0 radical (unpaired) electrons. The van der Waals surface area contributed by atoms with Gasteiger partial charge in [-0.25, -0.2) is 0 Å². The summed E-state index contributed by atoms with van der Waals surface area (Å²) >= 11 is 0. The van der Waals surface area contributed by atoms with E-state index in [0.29, 0.717) is 5.92 Å². The van der Waals surface area contributed by atoms with Crippen molar-refractivity contribution in [1.29, 1.82) is 0 Å². The fraction of sp³-hybridized carbons (Fsp3) is 0.875. The van der Waals surface area contributed by atoms with Gasteiger partial charge in [-0.05, 0) is 25.5 Å². The van der Waals surface area contributed by atoms with Crippen LogP contribution < -0.4 is 0 Å². The summed E-state index contributed by atoms with van der Waals surface area (Å²) in [5, 5.41) is 9.41. The van der Waals surface area contributed by atoms with Crippen LogP contribution in [0.3, 0.4) is 0 Å². The van der Waals surface area contributed by atoms with Crippen LogP contribution in [-0.2, 0) is 0 Å². The lowest BCUT2D eigenvalue weighted by Crippen LogP contribution is -2.24. The molecule has 0 aliphatic carbocycles. The predicted molar refractivity (Wildman–Crippen MR) is 42.4 cm³/mol. The highest BCUT2D eigenvalue weighted by molar-refractivity contribution is 5.57. The third kappa shape index (κ3) is 1.81. The zero-order valence-corrected chi connectivity index (χ0v) is 6.45. The molecule has 0 bridgehead atoms. The molecule has 1 aliphatic rings. The minimum Gasteiger partial charge on any atom is -0.393 e. The lowest BCUT2D eigenvalue weighted by atomic mass is 9.94. The molecule has 2 heteroatoms. The van der Waals surface area contributed by atoms with E-state index in [9.17, 15) is 5.11 Å². The summed E-state index contributed by atoms with van der Waals surface area (Å²) in [5.41, 5.74) is 0. The van der Waals surface area contributed by atoms with E-state index in [0.717, 1.165) is 25.8 Å². The third-order valence-corrected chi connectivity index (χ3v) is 2.10. The van der Waals surface area contributed by atoms with Gasteiger partial charge in [-0.1, -0.05) is 6.92 Å². The summed E-state index contributed by atoms with van der Waals surface area (Å²) < 4.78 is 0. The first-order valence-electron chi connectivity index (χ1n) is 4.01. The highest BCUT2D eigenvalue weighted by Crippen LogP contribution is 2.16. The molecule has 2 nitrogen and oxygen atoms in total. The Morgan fingerprint density at radius 3 is 3.10 bits per heavy atom. The van der Waals surface area contributed by atoms with Crippen LogP contribution in [0.5, 0.6) is 0 Å². The summed E-state index contributed by atoms with van der Waals surface area (Å²) in [5.74, 6) is 0.426. The maximum Gasteiger partial charge on any atom is 0.0583 e. The Morgan fingerprint density at radius 2 is 2.60 bits per heavy atom. The van der Waals surface area contributed by atoms with E-state index < -0.39 is 0 Å². The summed E-state index contributed by atoms with van der Waals surface area (Å²) in [6.07, 6.45) is 4.84. The molecule has 1 rings (SSSR count). The average molecular weight is 141 g/mol. The SMILES string of the molecule is CCC(O)C1CCC=NC1. The molecular formula is C8H15NO. The van der Waals surface area contributed by atoms with Gasteiger partial charge in [0.25, 0.3) is 0 Å². The summed E-state index contributed by atoms with van der Waals surface area (Å²) in [6.45, 7) is 2.85. The lowest BCUT2D eigenvalue weighted by Gasteiger charge is -2.21. The van der Waals surface area contributed by atoms with Crippen molar-refractivity contribution >= 4 is 6.21 Å². The van der Waals surface area contributed by atoms with Crippen LogP contribution in [0, 0.1) is 5.92 Å². The average Bonchev–Trinajstić information content (AvgIpc) is 2.05. The molecule has 0 amide bonds. The predicted octanol–water partition coefficient (Wildman–Crippen LogP) is 1.24. The van der Waals surface area contributed by atoms with Crippen molar-refractivity contribution in [3.05, 3.63) is 0 Å². The summed E-state index contributed by atoms with van der Waals surface area (Å²) in [7, 11) is 0. The molecule has 2 unspecified atom stereocenters. The number of hydrogen-bond acceptors (Lipinski definition) is 2. The maximum atomic E-state index is 9.41. The summed E-state index contributed by atoms with van der Waals surface area (Å²) in [4.78, 5) is 4.14. The Morgan fingerprint density at radius 1 is 1.80 bits per heavy atom. The van der Waals surface area contributed by atoms with Gasteiger partial charge in [0.15, 0.2) is 0 Å². The molecule has 0 aromatic carbocycles. The number of hydrogen-bond donors (Lipinski definition) is 1. The molecule has 1 N–H and O–H groups in total. The second kappa shape index (κ2) is 3.71. The molecule has 58 valence electrons. The minimum absolute atomic E-state index is 0.127. The molecule has 10 heavy (non-hydrogen) atoms. The van der Waals surface area contributed by atoms with Gasteiger partial charge in [0.2, 0.25) is 0 Å². The van der Waals surface area contributed by atoms with Crippen LogP contribution in [0.25, 0.3) is 0 Å².